The van der Waals surface area contributed by atoms with E-state index in [0.29, 0.717) is 17.9 Å². The average molecular weight is 289 g/mol. The van der Waals surface area contributed by atoms with Gasteiger partial charge >= 0.3 is 0 Å². The van der Waals surface area contributed by atoms with Crippen LogP contribution in [0, 0.1) is 25.2 Å². The maximum atomic E-state index is 9.19. The van der Waals surface area contributed by atoms with E-state index in [2.05, 4.69) is 47.6 Å². The molecule has 3 rings (SSSR count). The lowest BCUT2D eigenvalue weighted by Crippen LogP contribution is -2.06. The van der Waals surface area contributed by atoms with E-state index in [9.17, 15) is 5.26 Å². The first-order valence-corrected chi connectivity index (χ1v) is 7.01. The van der Waals surface area contributed by atoms with E-state index in [1.165, 1.54) is 11.1 Å². The van der Waals surface area contributed by atoms with Gasteiger partial charge in [0.05, 0.1) is 18.2 Å². The normalized spacial score (nSPS) is 10.4. The summed E-state index contributed by atoms with van der Waals surface area (Å²) in [5.74, 6) is 0.704. The minimum Gasteiger partial charge on any atom is -0.221 e. The van der Waals surface area contributed by atoms with Crippen LogP contribution in [0.1, 0.15) is 22.3 Å². The molecule has 3 aromatic rings. The molecule has 0 amide bonds. The monoisotopic (exact) mass is 289 g/mol. The Balaban J connectivity index is 1.99. The van der Waals surface area contributed by atoms with Crippen molar-refractivity contribution in [3.05, 3.63) is 64.7 Å². The van der Waals surface area contributed by atoms with E-state index in [-0.39, 0.29) is 0 Å². The second-order valence-electron chi connectivity index (χ2n) is 5.23. The zero-order chi connectivity index (χ0) is 15.5. The first-order chi connectivity index (χ1) is 10.7. The molecule has 0 aliphatic heterocycles. The SMILES string of the molecule is Cc1ccc(-c2nnnn2Cc2ccccc2C#N)cc1C. The van der Waals surface area contributed by atoms with Crippen LogP contribution in [0.15, 0.2) is 42.5 Å². The van der Waals surface area contributed by atoms with Crippen LogP contribution in [0.5, 0.6) is 0 Å². The molecule has 0 spiro atoms. The van der Waals surface area contributed by atoms with Gasteiger partial charge in [0.1, 0.15) is 0 Å². The summed E-state index contributed by atoms with van der Waals surface area (Å²) >= 11 is 0. The molecule has 1 aromatic heterocycles. The van der Waals surface area contributed by atoms with Crippen molar-refractivity contribution in [2.24, 2.45) is 0 Å². The predicted molar refractivity (Wildman–Crippen MR) is 83.0 cm³/mol. The fourth-order valence-electron chi connectivity index (χ4n) is 2.33. The standard InChI is InChI=1S/C17H15N5/c1-12-7-8-14(9-13(12)2)17-19-20-21-22(17)11-16-6-4-3-5-15(16)10-18/h3-9H,11H2,1-2H3. The number of aryl methyl sites for hydroxylation is 2. The molecule has 0 saturated carbocycles. The topological polar surface area (TPSA) is 67.4 Å². The highest BCUT2D eigenvalue weighted by atomic mass is 15.5. The van der Waals surface area contributed by atoms with E-state index in [1.54, 1.807) is 10.7 Å². The maximum absolute atomic E-state index is 9.19. The lowest BCUT2D eigenvalue weighted by Gasteiger charge is -2.08. The Kier molecular flexibility index (Phi) is 3.67. The van der Waals surface area contributed by atoms with E-state index < -0.39 is 0 Å². The zero-order valence-corrected chi connectivity index (χ0v) is 12.5. The minimum atomic E-state index is 0.471. The lowest BCUT2D eigenvalue weighted by molar-refractivity contribution is 0.652. The highest BCUT2D eigenvalue weighted by Gasteiger charge is 2.11. The molecule has 5 heteroatoms. The molecule has 0 atom stereocenters. The number of nitriles is 1. The number of nitrogens with zero attached hydrogens (tertiary/aromatic N) is 5. The van der Waals surface area contributed by atoms with Gasteiger partial charge in [-0.3, -0.25) is 0 Å². The van der Waals surface area contributed by atoms with Crippen LogP contribution in [0.2, 0.25) is 0 Å². The molecule has 0 N–H and O–H groups in total. The van der Waals surface area contributed by atoms with Crippen molar-refractivity contribution >= 4 is 0 Å². The van der Waals surface area contributed by atoms with Crippen LogP contribution >= 0.6 is 0 Å². The molecule has 1 heterocycles. The highest BCUT2D eigenvalue weighted by Crippen LogP contribution is 2.20. The third-order valence-electron chi connectivity index (χ3n) is 3.75. The summed E-state index contributed by atoms with van der Waals surface area (Å²) < 4.78 is 1.72. The number of tetrazole rings is 1. The van der Waals surface area contributed by atoms with Gasteiger partial charge in [0.2, 0.25) is 0 Å². The van der Waals surface area contributed by atoms with Gasteiger partial charge in [-0.25, -0.2) is 4.68 Å². The van der Waals surface area contributed by atoms with Gasteiger partial charge in [0.25, 0.3) is 0 Å². The van der Waals surface area contributed by atoms with E-state index in [0.717, 1.165) is 11.1 Å². The van der Waals surface area contributed by atoms with Gasteiger partial charge in [0.15, 0.2) is 5.82 Å². The molecule has 0 aliphatic rings. The van der Waals surface area contributed by atoms with Gasteiger partial charge in [-0.2, -0.15) is 5.26 Å². The van der Waals surface area contributed by atoms with E-state index >= 15 is 0 Å². The highest BCUT2D eigenvalue weighted by molar-refractivity contribution is 5.57. The Bertz CT molecular complexity index is 857. The van der Waals surface area contributed by atoms with Crippen LogP contribution in [-0.4, -0.2) is 20.2 Å². The third-order valence-corrected chi connectivity index (χ3v) is 3.75. The fourth-order valence-corrected chi connectivity index (χ4v) is 2.33. The van der Waals surface area contributed by atoms with Gasteiger partial charge in [-0.05, 0) is 53.1 Å². The molecule has 0 aliphatic carbocycles. The van der Waals surface area contributed by atoms with Crippen LogP contribution < -0.4 is 0 Å². The Labute approximate surface area is 128 Å². The molecule has 0 bridgehead atoms. The average Bonchev–Trinajstić information content (AvgIpc) is 2.99. The van der Waals surface area contributed by atoms with E-state index in [4.69, 9.17) is 0 Å². The van der Waals surface area contributed by atoms with Crippen molar-refractivity contribution in [3.63, 3.8) is 0 Å². The molecule has 0 unspecified atom stereocenters. The van der Waals surface area contributed by atoms with Crippen LogP contribution in [0.25, 0.3) is 11.4 Å². The molecule has 0 saturated heterocycles. The summed E-state index contributed by atoms with van der Waals surface area (Å²) in [5, 5.41) is 21.2. The number of hydrogen-bond acceptors (Lipinski definition) is 4. The molecule has 108 valence electrons. The second kappa shape index (κ2) is 5.78. The van der Waals surface area contributed by atoms with Gasteiger partial charge < -0.3 is 0 Å². The summed E-state index contributed by atoms with van der Waals surface area (Å²) in [4.78, 5) is 0. The second-order valence-corrected chi connectivity index (χ2v) is 5.23. The maximum Gasteiger partial charge on any atom is 0.182 e. The first-order valence-electron chi connectivity index (χ1n) is 7.01. The van der Waals surface area contributed by atoms with Crippen LogP contribution in [-0.2, 0) is 6.54 Å². The first kappa shape index (κ1) is 14.0. The lowest BCUT2D eigenvalue weighted by atomic mass is 10.1. The molecular formula is C17H15N5. The largest absolute Gasteiger partial charge is 0.221 e. The Hall–Kier alpha value is -3.00. The minimum absolute atomic E-state index is 0.471. The summed E-state index contributed by atoms with van der Waals surface area (Å²) in [5.41, 5.74) is 4.95. The zero-order valence-electron chi connectivity index (χ0n) is 12.5. The molecule has 22 heavy (non-hydrogen) atoms. The van der Waals surface area contributed by atoms with Crippen LogP contribution in [0.4, 0.5) is 0 Å². The predicted octanol–water partition coefficient (Wildman–Crippen LogP) is 2.88. The van der Waals surface area contributed by atoms with Gasteiger partial charge in [0, 0.05) is 5.56 Å². The Morgan fingerprint density at radius 2 is 1.91 bits per heavy atom. The number of hydrogen-bond donors (Lipinski definition) is 0. The third kappa shape index (κ3) is 2.59. The van der Waals surface area contributed by atoms with Crippen molar-refractivity contribution in [2.45, 2.75) is 20.4 Å². The molecule has 0 fully saturated rings. The summed E-state index contributed by atoms with van der Waals surface area (Å²) in [7, 11) is 0. The summed E-state index contributed by atoms with van der Waals surface area (Å²) in [6.45, 7) is 4.61. The quantitative estimate of drug-likeness (QED) is 0.743. The van der Waals surface area contributed by atoms with Crippen molar-refractivity contribution in [2.75, 3.05) is 0 Å². The van der Waals surface area contributed by atoms with Crippen molar-refractivity contribution < 1.29 is 0 Å². The van der Waals surface area contributed by atoms with Gasteiger partial charge in [-0.1, -0.05) is 30.3 Å². The molecule has 0 radical (unpaired) electrons. The Morgan fingerprint density at radius 3 is 2.68 bits per heavy atom. The fraction of sp³-hybridized carbons (Fsp3) is 0.176. The number of rotatable bonds is 3. The van der Waals surface area contributed by atoms with Crippen molar-refractivity contribution in [1.29, 1.82) is 5.26 Å². The number of benzene rings is 2. The van der Waals surface area contributed by atoms with Gasteiger partial charge in [-0.15, -0.1) is 5.10 Å². The number of aromatic nitrogens is 4. The molecular weight excluding hydrogens is 274 g/mol. The molecule has 5 nitrogen and oxygen atoms in total. The van der Waals surface area contributed by atoms with Crippen molar-refractivity contribution in [3.8, 4) is 17.5 Å². The molecule has 2 aromatic carbocycles. The summed E-state index contributed by atoms with van der Waals surface area (Å²) in [6, 6.07) is 15.8. The van der Waals surface area contributed by atoms with Crippen LogP contribution in [0.3, 0.4) is 0 Å². The summed E-state index contributed by atoms with van der Waals surface area (Å²) in [6.07, 6.45) is 0. The van der Waals surface area contributed by atoms with Crippen molar-refractivity contribution in [1.82, 2.24) is 20.2 Å². The smallest absolute Gasteiger partial charge is 0.182 e. The van der Waals surface area contributed by atoms with E-state index in [1.807, 2.05) is 24.3 Å². The Morgan fingerprint density at radius 1 is 1.09 bits per heavy atom.